The number of para-hydroxylation sites is 1. The largest absolute Gasteiger partial charge is 0.497 e. The number of fused-ring (bicyclic) bond motifs is 2. The van der Waals surface area contributed by atoms with Gasteiger partial charge in [-0.1, -0.05) is 24.6 Å². The standard InChI is InChI=1S/C25H31N3O2/c1-18-16-24(29)27-22-11-6-9-20(25(22)26-18)8-4-3-5-14-28-15-7-10-19-12-13-21(30-2)17-23(19)28/h6,9,11-13,17-18H,3-5,7-8,10,14-16H2,1-2H3/t18-/m1/s1. The first-order valence-corrected chi connectivity index (χ1v) is 11.1. The smallest absolute Gasteiger partial charge is 0.248 e. The molecular formula is C25H31N3O2. The van der Waals surface area contributed by atoms with Crippen molar-refractivity contribution in [2.45, 2.75) is 57.9 Å². The Balaban J connectivity index is 1.35. The van der Waals surface area contributed by atoms with Crippen LogP contribution in [0.15, 0.2) is 46.4 Å². The third-order valence-corrected chi connectivity index (χ3v) is 6.04. The van der Waals surface area contributed by atoms with Crippen molar-refractivity contribution < 1.29 is 9.53 Å². The van der Waals surface area contributed by atoms with Crippen molar-refractivity contribution in [3.05, 3.63) is 58.2 Å². The maximum absolute atomic E-state index is 11.9. The van der Waals surface area contributed by atoms with Crippen LogP contribution >= 0.6 is 0 Å². The van der Waals surface area contributed by atoms with Crippen LogP contribution in [-0.4, -0.2) is 32.1 Å². The monoisotopic (exact) mass is 405 g/mol. The molecule has 0 radical (unpaired) electrons. The summed E-state index contributed by atoms with van der Waals surface area (Å²) in [5.41, 5.74) is 3.99. The number of unbranched alkanes of at least 4 members (excludes halogenated alkanes) is 2. The van der Waals surface area contributed by atoms with Gasteiger partial charge in [0.25, 0.3) is 0 Å². The number of hydrogen-bond acceptors (Lipinski definition) is 4. The summed E-state index contributed by atoms with van der Waals surface area (Å²) < 4.78 is 5.42. The molecule has 0 saturated carbocycles. The molecule has 5 nitrogen and oxygen atoms in total. The molecule has 0 aromatic heterocycles. The first kappa shape index (κ1) is 20.6. The summed E-state index contributed by atoms with van der Waals surface area (Å²) in [5.74, 6) is 0.868. The van der Waals surface area contributed by atoms with Crippen LogP contribution in [0, 0.1) is 0 Å². The van der Waals surface area contributed by atoms with E-state index in [1.54, 1.807) is 7.11 Å². The van der Waals surface area contributed by atoms with Crippen LogP contribution < -0.4 is 20.4 Å². The zero-order valence-electron chi connectivity index (χ0n) is 18.1. The fourth-order valence-corrected chi connectivity index (χ4v) is 4.50. The number of amides is 1. The highest BCUT2D eigenvalue weighted by atomic mass is 16.5. The first-order chi connectivity index (χ1) is 14.6. The number of anilines is 1. The van der Waals surface area contributed by atoms with Crippen molar-refractivity contribution in [3.63, 3.8) is 0 Å². The zero-order valence-corrected chi connectivity index (χ0v) is 18.1. The normalized spacial score (nSPS) is 18.0. The number of benzene rings is 2. The van der Waals surface area contributed by atoms with Crippen LogP contribution in [0.4, 0.5) is 5.69 Å². The van der Waals surface area contributed by atoms with Crippen molar-refractivity contribution in [2.75, 3.05) is 25.1 Å². The molecule has 0 spiro atoms. The highest BCUT2D eigenvalue weighted by Crippen LogP contribution is 2.31. The Morgan fingerprint density at radius 2 is 2.07 bits per heavy atom. The number of nitrogens with zero attached hydrogens (tertiary/aromatic N) is 3. The molecule has 0 N–H and O–H groups in total. The maximum Gasteiger partial charge on any atom is 0.248 e. The Kier molecular flexibility index (Phi) is 6.46. The topological polar surface area (TPSA) is 54.3 Å². The SMILES string of the molecule is COc1ccc2c(c1)N(CCCCCc1cccc3c1=N[C@H](C)CC(=O)N=3)CCC2. The minimum absolute atomic E-state index is 0.000175. The van der Waals surface area contributed by atoms with Gasteiger partial charge in [-0.05, 0) is 62.3 Å². The van der Waals surface area contributed by atoms with Crippen LogP contribution in [0.2, 0.25) is 0 Å². The van der Waals surface area contributed by atoms with Gasteiger partial charge in [-0.15, -0.1) is 0 Å². The van der Waals surface area contributed by atoms with Crippen LogP contribution in [-0.2, 0) is 17.6 Å². The molecule has 0 aliphatic carbocycles. The van der Waals surface area contributed by atoms with Gasteiger partial charge in [0.15, 0.2) is 0 Å². The molecule has 5 heteroatoms. The van der Waals surface area contributed by atoms with Crippen LogP contribution in [0.25, 0.3) is 0 Å². The van der Waals surface area contributed by atoms with E-state index in [4.69, 9.17) is 9.73 Å². The van der Waals surface area contributed by atoms with Crippen molar-refractivity contribution in [1.29, 1.82) is 0 Å². The van der Waals surface area contributed by atoms with E-state index < -0.39 is 0 Å². The van der Waals surface area contributed by atoms with Gasteiger partial charge in [0, 0.05) is 24.8 Å². The van der Waals surface area contributed by atoms with Crippen molar-refractivity contribution >= 4 is 11.6 Å². The molecule has 1 atom stereocenters. The second-order valence-electron chi connectivity index (χ2n) is 8.37. The summed E-state index contributed by atoms with van der Waals surface area (Å²) in [6.07, 6.45) is 7.21. The van der Waals surface area contributed by atoms with E-state index in [0.29, 0.717) is 6.42 Å². The number of carbonyl (C=O) groups is 1. The Hall–Kier alpha value is -2.69. The zero-order chi connectivity index (χ0) is 20.9. The van der Waals surface area contributed by atoms with E-state index >= 15 is 0 Å². The Labute approximate surface area is 178 Å². The summed E-state index contributed by atoms with van der Waals surface area (Å²) >= 11 is 0. The molecule has 2 aromatic carbocycles. The number of aryl methyl sites for hydroxylation is 2. The lowest BCUT2D eigenvalue weighted by atomic mass is 10.0. The van der Waals surface area contributed by atoms with E-state index in [1.807, 2.05) is 19.1 Å². The third-order valence-electron chi connectivity index (χ3n) is 6.04. The molecule has 1 amide bonds. The number of ether oxygens (including phenoxy) is 1. The van der Waals surface area contributed by atoms with E-state index in [1.165, 1.54) is 36.1 Å². The average molecular weight is 406 g/mol. The predicted molar refractivity (Wildman–Crippen MR) is 119 cm³/mol. The molecule has 2 aliphatic rings. The summed E-state index contributed by atoms with van der Waals surface area (Å²) in [5, 5.41) is 1.66. The molecule has 4 rings (SSSR count). The number of hydrogen-bond donors (Lipinski definition) is 0. The Morgan fingerprint density at radius 3 is 2.93 bits per heavy atom. The Bertz CT molecular complexity index is 1030. The maximum atomic E-state index is 11.9. The van der Waals surface area contributed by atoms with E-state index in [0.717, 1.165) is 48.8 Å². The molecule has 0 unspecified atom stereocenters. The number of methoxy groups -OCH3 is 1. The lowest BCUT2D eigenvalue weighted by Gasteiger charge is -2.31. The number of carbonyl (C=O) groups excluding carboxylic acids is 1. The van der Waals surface area contributed by atoms with Gasteiger partial charge < -0.3 is 9.64 Å². The highest BCUT2D eigenvalue weighted by Gasteiger charge is 2.17. The minimum atomic E-state index is -0.0689. The predicted octanol–water partition coefficient (Wildman–Crippen LogP) is 3.42. The molecule has 30 heavy (non-hydrogen) atoms. The van der Waals surface area contributed by atoms with Crippen LogP contribution in [0.3, 0.4) is 0 Å². The first-order valence-electron chi connectivity index (χ1n) is 11.1. The molecular weight excluding hydrogens is 374 g/mol. The molecule has 158 valence electrons. The van der Waals surface area contributed by atoms with Crippen LogP contribution in [0.5, 0.6) is 5.75 Å². The van der Waals surface area contributed by atoms with Gasteiger partial charge in [0.2, 0.25) is 5.91 Å². The van der Waals surface area contributed by atoms with Crippen molar-refractivity contribution in [2.24, 2.45) is 9.98 Å². The quantitative estimate of drug-likeness (QED) is 0.664. The van der Waals surface area contributed by atoms with Gasteiger partial charge in [-0.2, -0.15) is 0 Å². The minimum Gasteiger partial charge on any atom is -0.497 e. The molecule has 0 bridgehead atoms. The summed E-state index contributed by atoms with van der Waals surface area (Å²) in [7, 11) is 1.73. The average Bonchev–Trinajstić information content (AvgIpc) is 2.90. The third kappa shape index (κ3) is 4.72. The molecule has 0 saturated heterocycles. The lowest BCUT2D eigenvalue weighted by molar-refractivity contribution is -0.118. The van der Waals surface area contributed by atoms with Gasteiger partial charge >= 0.3 is 0 Å². The van der Waals surface area contributed by atoms with Crippen molar-refractivity contribution in [1.82, 2.24) is 0 Å². The molecule has 0 fully saturated rings. The second kappa shape index (κ2) is 9.41. The molecule has 2 aliphatic heterocycles. The van der Waals surface area contributed by atoms with Gasteiger partial charge in [0.05, 0.1) is 30.3 Å². The number of rotatable bonds is 7. The fourth-order valence-electron chi connectivity index (χ4n) is 4.50. The van der Waals surface area contributed by atoms with E-state index in [2.05, 4.69) is 34.2 Å². The van der Waals surface area contributed by atoms with Gasteiger partial charge in [-0.3, -0.25) is 9.79 Å². The fraction of sp³-hybridized carbons (Fsp3) is 0.480. The summed E-state index contributed by atoms with van der Waals surface area (Å²) in [6.45, 7) is 4.20. The molecule has 2 aromatic rings. The van der Waals surface area contributed by atoms with Crippen LogP contribution in [0.1, 0.15) is 50.2 Å². The summed E-state index contributed by atoms with van der Waals surface area (Å²) in [6, 6.07) is 12.5. The lowest BCUT2D eigenvalue weighted by Crippen LogP contribution is -2.30. The van der Waals surface area contributed by atoms with Gasteiger partial charge in [-0.25, -0.2) is 4.99 Å². The van der Waals surface area contributed by atoms with Crippen molar-refractivity contribution in [3.8, 4) is 5.75 Å². The van der Waals surface area contributed by atoms with Gasteiger partial charge in [0.1, 0.15) is 5.75 Å². The summed E-state index contributed by atoms with van der Waals surface area (Å²) in [4.78, 5) is 23.4. The van der Waals surface area contributed by atoms with E-state index in [9.17, 15) is 4.79 Å². The van der Waals surface area contributed by atoms with E-state index in [-0.39, 0.29) is 11.9 Å². The Morgan fingerprint density at radius 1 is 1.17 bits per heavy atom. The molecule has 2 heterocycles. The second-order valence-corrected chi connectivity index (χ2v) is 8.37. The highest BCUT2D eigenvalue weighted by molar-refractivity contribution is 5.77.